The molecule has 0 fully saturated rings. The zero-order valence-corrected chi connectivity index (χ0v) is 14.4. The summed E-state index contributed by atoms with van der Waals surface area (Å²) in [6.45, 7) is 0.417. The summed E-state index contributed by atoms with van der Waals surface area (Å²) in [5, 5.41) is 30.8. The molecule has 136 valence electrons. The number of rotatable bonds is 7. The predicted octanol–water partition coefficient (Wildman–Crippen LogP) is 2.56. The number of benzene rings is 1. The third kappa shape index (κ3) is 3.84. The first kappa shape index (κ1) is 16.9. The van der Waals surface area contributed by atoms with E-state index in [0.29, 0.717) is 28.9 Å². The number of nitro groups is 1. The zero-order chi connectivity index (χ0) is 18.6. The van der Waals surface area contributed by atoms with Crippen LogP contribution < -0.4 is 0 Å². The van der Waals surface area contributed by atoms with Crippen LogP contribution in [-0.4, -0.2) is 35.3 Å². The lowest BCUT2D eigenvalue weighted by Crippen LogP contribution is -2.03. The van der Waals surface area contributed by atoms with E-state index < -0.39 is 4.92 Å². The first-order chi connectivity index (χ1) is 13.2. The van der Waals surface area contributed by atoms with Gasteiger partial charge in [-0.05, 0) is 34.7 Å². The van der Waals surface area contributed by atoms with Crippen LogP contribution in [0.2, 0.25) is 0 Å². The fourth-order valence-electron chi connectivity index (χ4n) is 2.23. The first-order valence-electron chi connectivity index (χ1n) is 7.67. The van der Waals surface area contributed by atoms with Gasteiger partial charge in [0.15, 0.2) is 0 Å². The van der Waals surface area contributed by atoms with E-state index >= 15 is 0 Å². The van der Waals surface area contributed by atoms with E-state index in [4.69, 9.17) is 8.83 Å². The van der Waals surface area contributed by atoms with Crippen LogP contribution in [-0.2, 0) is 12.3 Å². The molecule has 0 aliphatic carbocycles. The largest absolute Gasteiger partial charge is 0.467 e. The predicted molar refractivity (Wildman–Crippen MR) is 91.6 cm³/mol. The van der Waals surface area contributed by atoms with Gasteiger partial charge in [0.05, 0.1) is 16.9 Å². The standard InChI is InChI=1S/C15H11N7O4S/c23-22(24)11-5-3-10(4-6-11)14-17-16-13(26-14)9-27-15-18-19-20-21(15)8-12-2-1-7-25-12/h1-7H,8-9H2. The van der Waals surface area contributed by atoms with Crippen LogP contribution >= 0.6 is 11.8 Å². The molecule has 0 amide bonds. The van der Waals surface area contributed by atoms with Crippen LogP contribution in [0.3, 0.4) is 0 Å². The van der Waals surface area contributed by atoms with Crippen molar-refractivity contribution in [3.05, 3.63) is 64.4 Å². The van der Waals surface area contributed by atoms with Crippen LogP contribution in [0.15, 0.2) is 56.7 Å². The Bertz CT molecular complexity index is 1040. The van der Waals surface area contributed by atoms with E-state index in [9.17, 15) is 10.1 Å². The average Bonchev–Trinajstić information content (AvgIpc) is 3.43. The van der Waals surface area contributed by atoms with Gasteiger partial charge in [-0.2, -0.15) is 0 Å². The Kier molecular flexibility index (Phi) is 4.61. The quantitative estimate of drug-likeness (QED) is 0.265. The average molecular weight is 385 g/mol. The highest BCUT2D eigenvalue weighted by Crippen LogP contribution is 2.24. The number of hydrogen-bond acceptors (Lipinski definition) is 10. The Labute approximate surface area is 155 Å². The molecule has 27 heavy (non-hydrogen) atoms. The molecule has 0 saturated carbocycles. The SMILES string of the molecule is O=[N+]([O-])c1ccc(-c2nnc(CSc3nnnn3Cc3ccco3)o2)cc1. The molecule has 0 N–H and O–H groups in total. The highest BCUT2D eigenvalue weighted by molar-refractivity contribution is 7.98. The lowest BCUT2D eigenvalue weighted by atomic mass is 10.2. The zero-order valence-electron chi connectivity index (χ0n) is 13.6. The molecule has 0 bridgehead atoms. The monoisotopic (exact) mass is 385 g/mol. The van der Waals surface area contributed by atoms with Gasteiger partial charge in [-0.25, -0.2) is 4.68 Å². The minimum absolute atomic E-state index is 0.00237. The van der Waals surface area contributed by atoms with Crippen molar-refractivity contribution < 1.29 is 13.8 Å². The second kappa shape index (κ2) is 7.37. The fourth-order valence-corrected chi connectivity index (χ4v) is 2.94. The van der Waals surface area contributed by atoms with Gasteiger partial charge in [0, 0.05) is 17.7 Å². The third-order valence-electron chi connectivity index (χ3n) is 3.50. The maximum absolute atomic E-state index is 10.7. The number of nitro benzene ring substituents is 1. The summed E-state index contributed by atoms with van der Waals surface area (Å²) in [7, 11) is 0. The molecule has 0 spiro atoms. The van der Waals surface area contributed by atoms with E-state index in [-0.39, 0.29) is 11.6 Å². The molecular weight excluding hydrogens is 374 g/mol. The minimum atomic E-state index is -0.466. The van der Waals surface area contributed by atoms with E-state index in [1.165, 1.54) is 23.9 Å². The molecule has 3 aromatic heterocycles. The number of aromatic nitrogens is 6. The second-order valence-electron chi connectivity index (χ2n) is 5.29. The van der Waals surface area contributed by atoms with Gasteiger partial charge in [-0.3, -0.25) is 10.1 Å². The minimum Gasteiger partial charge on any atom is -0.467 e. The Morgan fingerprint density at radius 2 is 2.00 bits per heavy atom. The summed E-state index contributed by atoms with van der Waals surface area (Å²) in [5.74, 6) is 1.79. The van der Waals surface area contributed by atoms with Crippen molar-refractivity contribution in [2.45, 2.75) is 17.5 Å². The molecule has 0 radical (unpaired) electrons. The molecule has 0 saturated heterocycles. The Hall–Kier alpha value is -3.54. The van der Waals surface area contributed by atoms with Crippen molar-refractivity contribution in [2.24, 2.45) is 0 Å². The van der Waals surface area contributed by atoms with Crippen LogP contribution in [0.1, 0.15) is 11.7 Å². The Morgan fingerprint density at radius 1 is 1.15 bits per heavy atom. The molecule has 11 nitrogen and oxygen atoms in total. The Balaban J connectivity index is 1.42. The molecule has 0 aliphatic rings. The van der Waals surface area contributed by atoms with Crippen LogP contribution in [0.4, 0.5) is 5.69 Å². The molecule has 0 atom stereocenters. The maximum atomic E-state index is 10.7. The number of hydrogen-bond donors (Lipinski definition) is 0. The molecule has 3 heterocycles. The molecule has 0 unspecified atom stereocenters. The summed E-state index contributed by atoms with van der Waals surface area (Å²) in [6, 6.07) is 9.53. The lowest BCUT2D eigenvalue weighted by molar-refractivity contribution is -0.384. The van der Waals surface area contributed by atoms with E-state index in [1.54, 1.807) is 29.1 Å². The first-order valence-corrected chi connectivity index (χ1v) is 8.66. The summed E-state index contributed by atoms with van der Waals surface area (Å²) < 4.78 is 12.5. The smallest absolute Gasteiger partial charge is 0.269 e. The third-order valence-corrected chi connectivity index (χ3v) is 4.44. The number of furan rings is 1. The topological polar surface area (TPSA) is 139 Å². The van der Waals surface area contributed by atoms with Crippen LogP contribution in [0, 0.1) is 10.1 Å². The normalized spacial score (nSPS) is 11.0. The van der Waals surface area contributed by atoms with Gasteiger partial charge in [0.2, 0.25) is 16.9 Å². The highest BCUT2D eigenvalue weighted by atomic mass is 32.2. The molecule has 12 heteroatoms. The van der Waals surface area contributed by atoms with E-state index in [2.05, 4.69) is 25.7 Å². The summed E-state index contributed by atoms with van der Waals surface area (Å²) in [5.41, 5.74) is 0.601. The lowest BCUT2D eigenvalue weighted by Gasteiger charge is -2.00. The van der Waals surface area contributed by atoms with Crippen molar-refractivity contribution in [1.29, 1.82) is 0 Å². The highest BCUT2D eigenvalue weighted by Gasteiger charge is 2.14. The summed E-state index contributed by atoms with van der Waals surface area (Å²) >= 11 is 1.34. The Morgan fingerprint density at radius 3 is 2.74 bits per heavy atom. The molecule has 0 aliphatic heterocycles. The summed E-state index contributed by atoms with van der Waals surface area (Å²) in [4.78, 5) is 10.2. The molecule has 4 rings (SSSR count). The number of tetrazole rings is 1. The number of thioether (sulfide) groups is 1. The van der Waals surface area contributed by atoms with E-state index in [0.717, 1.165) is 5.76 Å². The number of non-ortho nitro benzene ring substituents is 1. The molecule has 1 aromatic carbocycles. The van der Waals surface area contributed by atoms with Crippen molar-refractivity contribution >= 4 is 17.4 Å². The van der Waals surface area contributed by atoms with Gasteiger partial charge in [-0.1, -0.05) is 11.8 Å². The van der Waals surface area contributed by atoms with Gasteiger partial charge in [0.25, 0.3) is 5.69 Å². The van der Waals surface area contributed by atoms with Crippen molar-refractivity contribution in [3.63, 3.8) is 0 Å². The van der Waals surface area contributed by atoms with Crippen LogP contribution in [0.5, 0.6) is 0 Å². The van der Waals surface area contributed by atoms with Crippen molar-refractivity contribution in [2.75, 3.05) is 0 Å². The van der Waals surface area contributed by atoms with Gasteiger partial charge in [-0.15, -0.1) is 15.3 Å². The van der Waals surface area contributed by atoms with Gasteiger partial charge < -0.3 is 8.83 Å². The maximum Gasteiger partial charge on any atom is 0.269 e. The van der Waals surface area contributed by atoms with Crippen molar-refractivity contribution in [1.82, 2.24) is 30.4 Å². The van der Waals surface area contributed by atoms with Crippen molar-refractivity contribution in [3.8, 4) is 11.5 Å². The molecule has 4 aromatic rings. The fraction of sp³-hybridized carbons (Fsp3) is 0.133. The van der Waals surface area contributed by atoms with Gasteiger partial charge in [0.1, 0.15) is 12.3 Å². The van der Waals surface area contributed by atoms with Gasteiger partial charge >= 0.3 is 0 Å². The van der Waals surface area contributed by atoms with Crippen LogP contribution in [0.25, 0.3) is 11.5 Å². The second-order valence-corrected chi connectivity index (χ2v) is 6.23. The molecular formula is C15H11N7O4S. The summed E-state index contributed by atoms with van der Waals surface area (Å²) in [6.07, 6.45) is 1.59. The van der Waals surface area contributed by atoms with E-state index in [1.807, 2.05) is 6.07 Å². The number of nitrogens with zero attached hydrogens (tertiary/aromatic N) is 7.